The summed E-state index contributed by atoms with van der Waals surface area (Å²) in [7, 11) is 0. The Hall–Kier alpha value is -2.28. The van der Waals surface area contributed by atoms with Crippen LogP contribution in [0.2, 0.25) is 0 Å². The molecule has 1 aliphatic rings. The second kappa shape index (κ2) is 5.57. The lowest BCUT2D eigenvalue weighted by Crippen LogP contribution is -2.33. The topological polar surface area (TPSA) is 58.2 Å². The van der Waals surface area contributed by atoms with Crippen LogP contribution in [0.4, 0.5) is 5.69 Å². The summed E-state index contributed by atoms with van der Waals surface area (Å²) in [5, 5.41) is 5.52. The number of benzene rings is 1. The third kappa shape index (κ3) is 2.94. The first-order chi connectivity index (χ1) is 9.13. The SMILES string of the molecule is C#CC(CCC)NC(=O)c1ccc2c(c1)NC(=O)C2. The lowest BCUT2D eigenvalue weighted by Gasteiger charge is -2.12. The molecule has 1 heterocycles. The van der Waals surface area contributed by atoms with Gasteiger partial charge in [-0.1, -0.05) is 25.3 Å². The average molecular weight is 256 g/mol. The van der Waals surface area contributed by atoms with Gasteiger partial charge >= 0.3 is 0 Å². The van der Waals surface area contributed by atoms with Gasteiger partial charge in [0.25, 0.3) is 5.91 Å². The fourth-order valence-electron chi connectivity index (χ4n) is 2.08. The van der Waals surface area contributed by atoms with Crippen LogP contribution >= 0.6 is 0 Å². The van der Waals surface area contributed by atoms with Crippen LogP contribution in [0, 0.1) is 12.3 Å². The van der Waals surface area contributed by atoms with Gasteiger partial charge in [0.2, 0.25) is 5.91 Å². The second-order valence-corrected chi connectivity index (χ2v) is 4.58. The highest BCUT2D eigenvalue weighted by Gasteiger charge is 2.19. The molecule has 1 unspecified atom stereocenters. The van der Waals surface area contributed by atoms with E-state index in [1.54, 1.807) is 18.2 Å². The van der Waals surface area contributed by atoms with Gasteiger partial charge in [0.15, 0.2) is 0 Å². The van der Waals surface area contributed by atoms with E-state index < -0.39 is 0 Å². The molecule has 1 aromatic rings. The number of carbonyl (C=O) groups excluding carboxylic acids is 2. The molecule has 0 saturated heterocycles. The number of rotatable bonds is 4. The van der Waals surface area contributed by atoms with Crippen LogP contribution in [-0.2, 0) is 11.2 Å². The molecule has 19 heavy (non-hydrogen) atoms. The van der Waals surface area contributed by atoms with Crippen LogP contribution < -0.4 is 10.6 Å². The zero-order valence-electron chi connectivity index (χ0n) is 10.8. The molecular weight excluding hydrogens is 240 g/mol. The van der Waals surface area contributed by atoms with Crippen LogP contribution in [0.3, 0.4) is 0 Å². The highest BCUT2D eigenvalue weighted by atomic mass is 16.2. The van der Waals surface area contributed by atoms with Crippen molar-refractivity contribution in [3.05, 3.63) is 29.3 Å². The number of anilines is 1. The van der Waals surface area contributed by atoms with Gasteiger partial charge in [-0.25, -0.2) is 0 Å². The maximum Gasteiger partial charge on any atom is 0.252 e. The Labute approximate surface area is 112 Å². The number of nitrogens with one attached hydrogen (secondary N) is 2. The van der Waals surface area contributed by atoms with Gasteiger partial charge in [-0.2, -0.15) is 0 Å². The van der Waals surface area contributed by atoms with Crippen LogP contribution in [-0.4, -0.2) is 17.9 Å². The Balaban J connectivity index is 2.11. The molecule has 0 bridgehead atoms. The zero-order chi connectivity index (χ0) is 13.8. The Bertz CT molecular complexity index is 558. The molecule has 0 fully saturated rings. The van der Waals surface area contributed by atoms with Crippen LogP contribution in [0.5, 0.6) is 0 Å². The molecule has 0 aromatic heterocycles. The Morgan fingerprint density at radius 3 is 3.05 bits per heavy atom. The predicted octanol–water partition coefficient (Wildman–Crippen LogP) is 1.71. The maximum atomic E-state index is 12.1. The first-order valence-electron chi connectivity index (χ1n) is 6.33. The maximum absolute atomic E-state index is 12.1. The average Bonchev–Trinajstić information content (AvgIpc) is 2.76. The van der Waals surface area contributed by atoms with Gasteiger partial charge in [-0.15, -0.1) is 6.42 Å². The second-order valence-electron chi connectivity index (χ2n) is 4.58. The van der Waals surface area contributed by atoms with Crippen molar-refractivity contribution in [2.24, 2.45) is 0 Å². The molecule has 0 saturated carbocycles. The van der Waals surface area contributed by atoms with E-state index in [-0.39, 0.29) is 17.9 Å². The quantitative estimate of drug-likeness (QED) is 0.806. The van der Waals surface area contributed by atoms with Crippen molar-refractivity contribution in [2.75, 3.05) is 5.32 Å². The Morgan fingerprint density at radius 2 is 2.37 bits per heavy atom. The van der Waals surface area contributed by atoms with Crippen LogP contribution in [0.25, 0.3) is 0 Å². The summed E-state index contributed by atoms with van der Waals surface area (Å²) < 4.78 is 0. The van der Waals surface area contributed by atoms with Crippen LogP contribution in [0.1, 0.15) is 35.7 Å². The molecule has 0 radical (unpaired) electrons. The molecule has 2 N–H and O–H groups in total. The monoisotopic (exact) mass is 256 g/mol. The highest BCUT2D eigenvalue weighted by molar-refractivity contribution is 6.02. The number of carbonyl (C=O) groups is 2. The first kappa shape index (κ1) is 13.2. The van der Waals surface area contributed by atoms with E-state index in [2.05, 4.69) is 16.6 Å². The minimum Gasteiger partial charge on any atom is -0.338 e. The van der Waals surface area contributed by atoms with Gasteiger partial charge in [-0.05, 0) is 24.1 Å². The third-order valence-corrected chi connectivity index (χ3v) is 3.08. The number of amides is 2. The fraction of sp³-hybridized carbons (Fsp3) is 0.333. The van der Waals surface area contributed by atoms with Gasteiger partial charge in [-0.3, -0.25) is 9.59 Å². The highest BCUT2D eigenvalue weighted by Crippen LogP contribution is 2.24. The predicted molar refractivity (Wildman–Crippen MR) is 73.8 cm³/mol. The molecule has 0 spiro atoms. The van der Waals surface area contributed by atoms with Gasteiger partial charge in [0.05, 0.1) is 12.5 Å². The number of fused-ring (bicyclic) bond motifs is 1. The smallest absolute Gasteiger partial charge is 0.252 e. The molecule has 4 nitrogen and oxygen atoms in total. The fourth-order valence-corrected chi connectivity index (χ4v) is 2.08. The summed E-state index contributed by atoms with van der Waals surface area (Å²) in [5.41, 5.74) is 2.14. The molecule has 0 aliphatic carbocycles. The lowest BCUT2D eigenvalue weighted by atomic mass is 10.1. The molecule has 1 aliphatic heterocycles. The molecule has 98 valence electrons. The van der Waals surface area contributed by atoms with E-state index in [1.165, 1.54) is 0 Å². The van der Waals surface area contributed by atoms with E-state index >= 15 is 0 Å². The van der Waals surface area contributed by atoms with Crippen molar-refractivity contribution in [2.45, 2.75) is 32.2 Å². The van der Waals surface area contributed by atoms with Crippen molar-refractivity contribution < 1.29 is 9.59 Å². The Kier molecular flexibility index (Phi) is 3.86. The summed E-state index contributed by atoms with van der Waals surface area (Å²) in [4.78, 5) is 23.3. The Morgan fingerprint density at radius 1 is 1.58 bits per heavy atom. The van der Waals surface area contributed by atoms with E-state index in [0.717, 1.165) is 18.4 Å². The van der Waals surface area contributed by atoms with Crippen molar-refractivity contribution >= 4 is 17.5 Å². The normalized spacial score (nSPS) is 14.2. The van der Waals surface area contributed by atoms with Crippen molar-refractivity contribution in [3.8, 4) is 12.3 Å². The van der Waals surface area contributed by atoms with Gasteiger partial charge in [0, 0.05) is 11.3 Å². The first-order valence-corrected chi connectivity index (χ1v) is 6.33. The minimum atomic E-state index is -0.250. The number of terminal acetylenes is 1. The number of hydrogen-bond acceptors (Lipinski definition) is 2. The zero-order valence-corrected chi connectivity index (χ0v) is 10.8. The molecule has 4 heteroatoms. The van der Waals surface area contributed by atoms with Gasteiger partial charge in [0.1, 0.15) is 0 Å². The summed E-state index contributed by atoms with van der Waals surface area (Å²) in [5.74, 6) is 2.31. The molecule has 1 aromatic carbocycles. The summed E-state index contributed by atoms with van der Waals surface area (Å²) >= 11 is 0. The van der Waals surface area contributed by atoms with Gasteiger partial charge < -0.3 is 10.6 Å². The van der Waals surface area contributed by atoms with Crippen molar-refractivity contribution in [1.82, 2.24) is 5.32 Å². The van der Waals surface area contributed by atoms with E-state index in [9.17, 15) is 9.59 Å². The minimum absolute atomic E-state index is 0.0416. The standard InChI is InChI=1S/C15H16N2O2/c1-3-5-12(4-2)16-15(19)11-7-6-10-9-14(18)17-13(10)8-11/h2,6-8,12H,3,5,9H2,1H3,(H,16,19)(H,17,18). The van der Waals surface area contributed by atoms with E-state index in [0.29, 0.717) is 17.7 Å². The number of hydrogen-bond donors (Lipinski definition) is 2. The summed E-state index contributed by atoms with van der Waals surface area (Å²) in [6, 6.07) is 4.95. The molecular formula is C15H16N2O2. The van der Waals surface area contributed by atoms with Crippen molar-refractivity contribution in [1.29, 1.82) is 0 Å². The van der Waals surface area contributed by atoms with E-state index in [4.69, 9.17) is 6.42 Å². The van der Waals surface area contributed by atoms with Crippen LogP contribution in [0.15, 0.2) is 18.2 Å². The lowest BCUT2D eigenvalue weighted by molar-refractivity contribution is -0.115. The van der Waals surface area contributed by atoms with E-state index in [1.807, 2.05) is 6.92 Å². The van der Waals surface area contributed by atoms with Crippen molar-refractivity contribution in [3.63, 3.8) is 0 Å². The molecule has 2 rings (SSSR count). The summed E-state index contributed by atoms with van der Waals surface area (Å²) in [6.07, 6.45) is 7.41. The third-order valence-electron chi connectivity index (χ3n) is 3.08. The molecule has 2 amide bonds. The largest absolute Gasteiger partial charge is 0.338 e. The molecule has 1 atom stereocenters. The summed E-state index contributed by atoms with van der Waals surface area (Å²) in [6.45, 7) is 2.02.